The van der Waals surface area contributed by atoms with Gasteiger partial charge in [0, 0.05) is 37.1 Å². The zero-order valence-electron chi connectivity index (χ0n) is 16.5. The molecule has 1 aromatic carbocycles. The van der Waals surface area contributed by atoms with E-state index in [0.717, 1.165) is 23.5 Å². The van der Waals surface area contributed by atoms with Crippen molar-refractivity contribution < 1.29 is 17.9 Å². The number of aryl methyl sites for hydroxylation is 1. The molecule has 29 heavy (non-hydrogen) atoms. The van der Waals surface area contributed by atoms with Crippen molar-refractivity contribution in [2.45, 2.75) is 32.5 Å². The van der Waals surface area contributed by atoms with Gasteiger partial charge in [-0.1, -0.05) is 12.1 Å². The highest BCUT2D eigenvalue weighted by atomic mass is 32.1. The Kier molecular flexibility index (Phi) is 7.13. The summed E-state index contributed by atoms with van der Waals surface area (Å²) in [5.41, 5.74) is -0.131. The van der Waals surface area contributed by atoms with Crippen molar-refractivity contribution in [2.24, 2.45) is 4.99 Å². The van der Waals surface area contributed by atoms with Crippen LogP contribution in [0.4, 0.5) is 13.2 Å². The topological polar surface area (TPSA) is 49.8 Å². The molecule has 0 aliphatic carbocycles. The largest absolute Gasteiger partial charge is 0.416 e. The minimum absolute atomic E-state index is 0.428. The Morgan fingerprint density at radius 3 is 2.93 bits per heavy atom. The van der Waals surface area contributed by atoms with Crippen LogP contribution in [0.15, 0.2) is 35.5 Å². The molecule has 9 heteroatoms. The first-order valence-corrected chi connectivity index (χ1v) is 10.4. The summed E-state index contributed by atoms with van der Waals surface area (Å²) in [6.45, 7) is 6.83. The molecule has 0 amide bonds. The zero-order chi connectivity index (χ0) is 20.9. The van der Waals surface area contributed by atoms with Crippen molar-refractivity contribution in [1.29, 1.82) is 0 Å². The number of rotatable bonds is 5. The van der Waals surface area contributed by atoms with Gasteiger partial charge in [-0.25, -0.2) is 4.98 Å². The second-order valence-corrected chi connectivity index (χ2v) is 8.10. The summed E-state index contributed by atoms with van der Waals surface area (Å²) in [6, 6.07) is 5.35. The Hall–Kier alpha value is -2.13. The average Bonchev–Trinajstić information content (AvgIpc) is 3.12. The molecule has 0 bridgehead atoms. The van der Waals surface area contributed by atoms with Crippen molar-refractivity contribution in [2.75, 3.05) is 32.8 Å². The zero-order valence-corrected chi connectivity index (χ0v) is 17.3. The molecule has 1 aromatic heterocycles. The Labute approximate surface area is 172 Å². The van der Waals surface area contributed by atoms with E-state index >= 15 is 0 Å². The molecule has 1 aliphatic heterocycles. The third-order valence-corrected chi connectivity index (χ3v) is 5.52. The average molecular weight is 427 g/mol. The number of morpholine rings is 1. The number of aromatic nitrogens is 1. The molecule has 1 saturated heterocycles. The number of hydrogen-bond acceptors (Lipinski definition) is 4. The van der Waals surface area contributed by atoms with Gasteiger partial charge in [-0.2, -0.15) is 13.2 Å². The summed E-state index contributed by atoms with van der Waals surface area (Å²) in [5, 5.41) is 4.32. The Morgan fingerprint density at radius 1 is 1.41 bits per heavy atom. The number of benzene rings is 1. The van der Waals surface area contributed by atoms with E-state index in [9.17, 15) is 13.2 Å². The fraction of sp³-hybridized carbons (Fsp3) is 0.500. The van der Waals surface area contributed by atoms with E-state index in [1.807, 2.05) is 24.9 Å². The van der Waals surface area contributed by atoms with Crippen molar-refractivity contribution in [3.05, 3.63) is 51.5 Å². The molecule has 1 N–H and O–H groups in total. The van der Waals surface area contributed by atoms with Gasteiger partial charge in [0.15, 0.2) is 5.96 Å². The van der Waals surface area contributed by atoms with Crippen LogP contribution in [0.5, 0.6) is 0 Å². The van der Waals surface area contributed by atoms with Crippen LogP contribution in [-0.4, -0.2) is 48.6 Å². The fourth-order valence-corrected chi connectivity index (χ4v) is 3.93. The first-order valence-electron chi connectivity index (χ1n) is 9.60. The van der Waals surface area contributed by atoms with Crippen LogP contribution < -0.4 is 5.32 Å². The molecule has 0 radical (unpaired) electrons. The highest BCUT2D eigenvalue weighted by molar-refractivity contribution is 7.11. The highest BCUT2D eigenvalue weighted by Crippen LogP contribution is 2.32. The number of aliphatic imine (C=N–C) groups is 1. The molecule has 1 aliphatic rings. The number of halogens is 3. The van der Waals surface area contributed by atoms with E-state index in [1.165, 1.54) is 17.0 Å². The Balaban J connectivity index is 1.69. The van der Waals surface area contributed by atoms with Crippen LogP contribution in [0.25, 0.3) is 0 Å². The molecule has 1 atom stereocenters. The number of alkyl halides is 3. The normalized spacial score (nSPS) is 18.2. The number of nitrogens with zero attached hydrogens (tertiary/aromatic N) is 3. The maximum Gasteiger partial charge on any atom is 0.416 e. The van der Waals surface area contributed by atoms with E-state index in [0.29, 0.717) is 38.3 Å². The molecule has 3 rings (SSSR count). The standard InChI is InChI=1S/C20H25F3N4OS/c1-3-24-19(25-8-7-18-26-12-14(2)29-18)27-9-10-28-17(13-27)15-5-4-6-16(11-15)20(21,22)23/h4-6,11-12,17H,3,7-10,13H2,1-2H3,(H,24,25). The summed E-state index contributed by atoms with van der Waals surface area (Å²) >= 11 is 1.66. The van der Waals surface area contributed by atoms with E-state index in [2.05, 4.69) is 15.3 Å². The van der Waals surface area contributed by atoms with Gasteiger partial charge in [-0.05, 0) is 31.5 Å². The lowest BCUT2D eigenvalue weighted by molar-refractivity contribution is -0.137. The van der Waals surface area contributed by atoms with Crippen molar-refractivity contribution >= 4 is 17.3 Å². The van der Waals surface area contributed by atoms with Crippen LogP contribution in [0.1, 0.15) is 34.0 Å². The first kappa shape index (κ1) is 21.6. The predicted molar refractivity (Wildman–Crippen MR) is 108 cm³/mol. The third kappa shape index (κ3) is 5.93. The van der Waals surface area contributed by atoms with Gasteiger partial charge in [0.05, 0.1) is 23.7 Å². The summed E-state index contributed by atoms with van der Waals surface area (Å²) in [6.07, 6.45) is -2.18. The molecular weight excluding hydrogens is 401 g/mol. The van der Waals surface area contributed by atoms with Crippen LogP contribution in [-0.2, 0) is 17.3 Å². The molecule has 2 aromatic rings. The summed E-state index contributed by atoms with van der Waals surface area (Å²) < 4.78 is 44.9. The van der Waals surface area contributed by atoms with Gasteiger partial charge in [-0.3, -0.25) is 4.99 Å². The maximum atomic E-state index is 13.0. The van der Waals surface area contributed by atoms with Crippen LogP contribution in [0.2, 0.25) is 0 Å². The van der Waals surface area contributed by atoms with Crippen LogP contribution in [0.3, 0.4) is 0 Å². The van der Waals surface area contributed by atoms with E-state index in [1.54, 1.807) is 17.4 Å². The Morgan fingerprint density at radius 2 is 2.24 bits per heavy atom. The molecule has 1 fully saturated rings. The second-order valence-electron chi connectivity index (χ2n) is 6.78. The lowest BCUT2D eigenvalue weighted by Crippen LogP contribution is -2.48. The van der Waals surface area contributed by atoms with E-state index < -0.39 is 17.8 Å². The summed E-state index contributed by atoms with van der Waals surface area (Å²) in [5.74, 6) is 0.751. The van der Waals surface area contributed by atoms with Crippen molar-refractivity contribution in [1.82, 2.24) is 15.2 Å². The van der Waals surface area contributed by atoms with Crippen LogP contribution >= 0.6 is 11.3 Å². The monoisotopic (exact) mass is 426 g/mol. The number of hydrogen-bond donors (Lipinski definition) is 1. The fourth-order valence-electron chi connectivity index (χ4n) is 3.16. The molecule has 5 nitrogen and oxygen atoms in total. The number of thiazole rings is 1. The molecular formula is C20H25F3N4OS. The summed E-state index contributed by atoms with van der Waals surface area (Å²) in [7, 11) is 0. The van der Waals surface area contributed by atoms with Gasteiger partial charge in [0.25, 0.3) is 0 Å². The van der Waals surface area contributed by atoms with Gasteiger partial charge >= 0.3 is 6.18 Å². The van der Waals surface area contributed by atoms with Crippen molar-refractivity contribution in [3.8, 4) is 0 Å². The highest BCUT2D eigenvalue weighted by Gasteiger charge is 2.32. The molecule has 158 valence electrons. The van der Waals surface area contributed by atoms with E-state index in [4.69, 9.17) is 4.74 Å². The lowest BCUT2D eigenvalue weighted by atomic mass is 10.0. The maximum absolute atomic E-state index is 13.0. The van der Waals surface area contributed by atoms with Gasteiger partial charge < -0.3 is 15.0 Å². The lowest BCUT2D eigenvalue weighted by Gasteiger charge is -2.35. The number of ether oxygens (including phenoxy) is 1. The second kappa shape index (κ2) is 9.58. The van der Waals surface area contributed by atoms with E-state index in [-0.39, 0.29) is 0 Å². The molecule has 0 spiro atoms. The predicted octanol–water partition coefficient (Wildman–Crippen LogP) is 4.05. The smallest absolute Gasteiger partial charge is 0.370 e. The third-order valence-electron chi connectivity index (χ3n) is 4.54. The minimum atomic E-state index is -4.37. The SMILES string of the molecule is CCNC(=NCCc1ncc(C)s1)N1CCOC(c2cccc(C(F)(F)F)c2)C1. The van der Waals surface area contributed by atoms with Gasteiger partial charge in [-0.15, -0.1) is 11.3 Å². The quantitative estimate of drug-likeness (QED) is 0.579. The van der Waals surface area contributed by atoms with Gasteiger partial charge in [0.1, 0.15) is 6.10 Å². The first-order chi connectivity index (χ1) is 13.9. The van der Waals surface area contributed by atoms with Crippen LogP contribution in [0, 0.1) is 6.92 Å². The molecule has 2 heterocycles. The van der Waals surface area contributed by atoms with Gasteiger partial charge in [0.2, 0.25) is 0 Å². The molecule has 1 unspecified atom stereocenters. The minimum Gasteiger partial charge on any atom is -0.370 e. The number of guanidine groups is 1. The Bertz CT molecular complexity index is 837. The van der Waals surface area contributed by atoms with Crippen molar-refractivity contribution in [3.63, 3.8) is 0 Å². The molecule has 0 saturated carbocycles. The summed E-state index contributed by atoms with van der Waals surface area (Å²) in [4.78, 5) is 12.3. The number of nitrogens with one attached hydrogen (secondary N) is 1.